The molecule has 0 saturated heterocycles. The molecule has 1 heterocycles. The molecule has 4 nitrogen and oxygen atoms in total. The molecule has 3 N–H and O–H groups in total. The monoisotopic (exact) mass is 223 g/mol. The number of aryl methyl sites for hydroxylation is 1. The van der Waals surface area contributed by atoms with Crippen molar-refractivity contribution in [2.24, 2.45) is 5.73 Å². The quantitative estimate of drug-likeness (QED) is 0.802. The summed E-state index contributed by atoms with van der Waals surface area (Å²) >= 11 is 0. The third kappa shape index (κ3) is 2.44. The van der Waals surface area contributed by atoms with Crippen LogP contribution in [-0.4, -0.2) is 26.3 Å². The number of nitrogens with two attached hydrogens (primary N) is 1. The summed E-state index contributed by atoms with van der Waals surface area (Å²) < 4.78 is 2.13. The second-order valence-corrected chi connectivity index (χ2v) is 4.94. The maximum absolute atomic E-state index is 10.4. The van der Waals surface area contributed by atoms with Gasteiger partial charge in [-0.2, -0.15) is 0 Å². The molecule has 0 radical (unpaired) electrons. The maximum Gasteiger partial charge on any atom is 0.111 e. The minimum absolute atomic E-state index is 0.152. The first-order valence-electron chi connectivity index (χ1n) is 6.11. The van der Waals surface area contributed by atoms with Gasteiger partial charge in [-0.05, 0) is 25.7 Å². The van der Waals surface area contributed by atoms with Crippen LogP contribution in [0.15, 0.2) is 12.4 Å². The summed E-state index contributed by atoms with van der Waals surface area (Å²) in [6.45, 7) is 3.11. The van der Waals surface area contributed by atoms with E-state index in [-0.39, 0.29) is 6.04 Å². The topological polar surface area (TPSA) is 64.1 Å². The average molecular weight is 223 g/mol. The summed E-state index contributed by atoms with van der Waals surface area (Å²) in [6.07, 6.45) is 7.93. The second-order valence-electron chi connectivity index (χ2n) is 4.94. The molecule has 2 rings (SSSR count). The summed E-state index contributed by atoms with van der Waals surface area (Å²) in [5.74, 6) is 0.985. The van der Waals surface area contributed by atoms with Crippen molar-refractivity contribution < 1.29 is 5.11 Å². The molecule has 1 saturated carbocycles. The van der Waals surface area contributed by atoms with Gasteiger partial charge in [-0.15, -0.1) is 0 Å². The molecule has 90 valence electrons. The second kappa shape index (κ2) is 4.55. The molecule has 1 aliphatic carbocycles. The summed E-state index contributed by atoms with van der Waals surface area (Å²) in [5.41, 5.74) is 5.22. The Labute approximate surface area is 96.5 Å². The average Bonchev–Trinajstić information content (AvgIpc) is 2.76. The van der Waals surface area contributed by atoms with E-state index in [1.165, 1.54) is 0 Å². The highest BCUT2D eigenvalue weighted by Crippen LogP contribution is 2.31. The summed E-state index contributed by atoms with van der Waals surface area (Å²) in [6, 6.07) is 0.152. The predicted octanol–water partition coefficient (Wildman–Crippen LogP) is 1.08. The van der Waals surface area contributed by atoms with Crippen molar-refractivity contribution in [3.63, 3.8) is 0 Å². The lowest BCUT2D eigenvalue weighted by molar-refractivity contribution is 0.0440. The molecule has 1 aromatic heterocycles. The number of aromatic nitrogens is 2. The van der Waals surface area contributed by atoms with Gasteiger partial charge in [-0.3, -0.25) is 0 Å². The van der Waals surface area contributed by atoms with Crippen LogP contribution in [0.1, 0.15) is 38.4 Å². The summed E-state index contributed by atoms with van der Waals surface area (Å²) in [7, 11) is 0. The van der Waals surface area contributed by atoms with Crippen molar-refractivity contribution in [1.29, 1.82) is 0 Å². The zero-order valence-corrected chi connectivity index (χ0v) is 9.89. The fourth-order valence-electron chi connectivity index (χ4n) is 2.55. The van der Waals surface area contributed by atoms with Crippen LogP contribution in [-0.2, 0) is 13.0 Å². The van der Waals surface area contributed by atoms with Gasteiger partial charge in [0, 0.05) is 31.4 Å². The Morgan fingerprint density at radius 1 is 1.69 bits per heavy atom. The van der Waals surface area contributed by atoms with E-state index >= 15 is 0 Å². The van der Waals surface area contributed by atoms with Gasteiger partial charge < -0.3 is 15.4 Å². The fourth-order valence-corrected chi connectivity index (χ4v) is 2.55. The van der Waals surface area contributed by atoms with E-state index in [1.54, 1.807) is 0 Å². The number of aliphatic hydroxyl groups is 1. The maximum atomic E-state index is 10.4. The van der Waals surface area contributed by atoms with Gasteiger partial charge in [0.1, 0.15) is 5.82 Å². The summed E-state index contributed by atoms with van der Waals surface area (Å²) in [4.78, 5) is 4.33. The van der Waals surface area contributed by atoms with Crippen molar-refractivity contribution in [1.82, 2.24) is 9.55 Å². The third-order valence-corrected chi connectivity index (χ3v) is 3.38. The first-order valence-corrected chi connectivity index (χ1v) is 6.11. The van der Waals surface area contributed by atoms with Gasteiger partial charge >= 0.3 is 0 Å². The predicted molar refractivity (Wildman–Crippen MR) is 63.0 cm³/mol. The Kier molecular flexibility index (Phi) is 3.30. The highest BCUT2D eigenvalue weighted by atomic mass is 16.3. The first-order chi connectivity index (χ1) is 7.63. The lowest BCUT2D eigenvalue weighted by Gasteiger charge is -2.22. The van der Waals surface area contributed by atoms with Crippen LogP contribution in [0.25, 0.3) is 0 Å². The van der Waals surface area contributed by atoms with E-state index in [0.717, 1.165) is 31.6 Å². The Balaban J connectivity index is 2.05. The Hall–Kier alpha value is -0.870. The highest BCUT2D eigenvalue weighted by Gasteiger charge is 2.36. The number of hydrogen-bond acceptors (Lipinski definition) is 3. The molecule has 0 bridgehead atoms. The van der Waals surface area contributed by atoms with E-state index in [9.17, 15) is 5.11 Å². The zero-order chi connectivity index (χ0) is 11.6. The lowest BCUT2D eigenvalue weighted by atomic mass is 9.97. The Morgan fingerprint density at radius 2 is 2.50 bits per heavy atom. The number of imidazole rings is 1. The van der Waals surface area contributed by atoms with Crippen molar-refractivity contribution in [2.75, 3.05) is 0 Å². The van der Waals surface area contributed by atoms with E-state index in [2.05, 4.69) is 16.5 Å². The number of hydrogen-bond donors (Lipinski definition) is 2. The molecule has 0 aliphatic heterocycles. The molecule has 4 heteroatoms. The third-order valence-electron chi connectivity index (χ3n) is 3.38. The number of nitrogens with zero attached hydrogens (tertiary/aromatic N) is 2. The Bertz CT molecular complexity index is 350. The summed E-state index contributed by atoms with van der Waals surface area (Å²) in [5, 5.41) is 10.4. The van der Waals surface area contributed by atoms with Crippen LogP contribution in [0.2, 0.25) is 0 Å². The number of rotatable bonds is 4. The van der Waals surface area contributed by atoms with Gasteiger partial charge in [0.25, 0.3) is 0 Å². The van der Waals surface area contributed by atoms with Crippen LogP contribution in [0, 0.1) is 0 Å². The van der Waals surface area contributed by atoms with E-state index in [4.69, 9.17) is 5.73 Å². The minimum atomic E-state index is -0.629. The first kappa shape index (κ1) is 11.6. The normalized spacial score (nSPS) is 29.8. The van der Waals surface area contributed by atoms with Crippen molar-refractivity contribution in [2.45, 2.75) is 57.2 Å². The highest BCUT2D eigenvalue weighted by molar-refractivity contribution is 5.02. The van der Waals surface area contributed by atoms with Gasteiger partial charge in [0.15, 0.2) is 0 Å². The molecule has 1 aliphatic rings. The van der Waals surface area contributed by atoms with E-state index in [1.807, 2.05) is 12.4 Å². The smallest absolute Gasteiger partial charge is 0.111 e. The molecular formula is C12H21N3O. The minimum Gasteiger partial charge on any atom is -0.389 e. The van der Waals surface area contributed by atoms with Gasteiger partial charge in [-0.1, -0.05) is 6.92 Å². The fraction of sp³-hybridized carbons (Fsp3) is 0.750. The van der Waals surface area contributed by atoms with Crippen molar-refractivity contribution >= 4 is 0 Å². The van der Waals surface area contributed by atoms with Crippen molar-refractivity contribution in [3.05, 3.63) is 18.2 Å². The van der Waals surface area contributed by atoms with Crippen LogP contribution >= 0.6 is 0 Å². The zero-order valence-electron chi connectivity index (χ0n) is 9.89. The van der Waals surface area contributed by atoms with Crippen LogP contribution in [0.5, 0.6) is 0 Å². The van der Waals surface area contributed by atoms with E-state index < -0.39 is 5.60 Å². The SMILES string of the molecule is CCCn1ccnc1CC1(O)CCC(N)C1. The molecule has 16 heavy (non-hydrogen) atoms. The lowest BCUT2D eigenvalue weighted by Crippen LogP contribution is -2.31. The molecule has 1 fully saturated rings. The standard InChI is InChI=1S/C12H21N3O/c1-2-6-15-7-5-14-11(15)9-12(16)4-3-10(13)8-12/h5,7,10,16H,2-4,6,8-9,13H2,1H3. The van der Waals surface area contributed by atoms with Gasteiger partial charge in [0.05, 0.1) is 5.60 Å². The molecule has 0 aromatic carbocycles. The van der Waals surface area contributed by atoms with Crippen LogP contribution < -0.4 is 5.73 Å². The van der Waals surface area contributed by atoms with Crippen LogP contribution in [0.3, 0.4) is 0 Å². The molecule has 1 aromatic rings. The largest absolute Gasteiger partial charge is 0.389 e. The van der Waals surface area contributed by atoms with E-state index in [0.29, 0.717) is 12.8 Å². The van der Waals surface area contributed by atoms with Gasteiger partial charge in [0.2, 0.25) is 0 Å². The van der Waals surface area contributed by atoms with Crippen LogP contribution in [0.4, 0.5) is 0 Å². The molecule has 0 spiro atoms. The van der Waals surface area contributed by atoms with Crippen molar-refractivity contribution in [3.8, 4) is 0 Å². The molecule has 2 atom stereocenters. The molecule has 2 unspecified atom stereocenters. The molecular weight excluding hydrogens is 202 g/mol. The molecule has 0 amide bonds. The van der Waals surface area contributed by atoms with Gasteiger partial charge in [-0.25, -0.2) is 4.98 Å². The Morgan fingerprint density at radius 3 is 3.12 bits per heavy atom.